The third-order valence-electron chi connectivity index (χ3n) is 6.03. The van der Waals surface area contributed by atoms with Crippen molar-refractivity contribution >= 4 is 0 Å². The molecule has 2 nitrogen and oxygen atoms in total. The molecule has 0 bridgehead atoms. The van der Waals surface area contributed by atoms with Gasteiger partial charge in [-0.25, -0.2) is 0 Å². The Labute approximate surface area is 111 Å². The first kappa shape index (κ1) is 12.9. The maximum atomic E-state index is 6.22. The molecule has 0 spiro atoms. The first-order valence-corrected chi connectivity index (χ1v) is 7.89. The van der Waals surface area contributed by atoms with E-state index in [9.17, 15) is 0 Å². The fourth-order valence-electron chi connectivity index (χ4n) is 4.67. The molecule has 3 fully saturated rings. The lowest BCUT2D eigenvalue weighted by molar-refractivity contribution is -0.273. The van der Waals surface area contributed by atoms with Gasteiger partial charge in [-0.1, -0.05) is 20.3 Å². The van der Waals surface area contributed by atoms with E-state index in [1.807, 2.05) is 0 Å². The Kier molecular flexibility index (Phi) is 3.44. The van der Waals surface area contributed by atoms with Crippen LogP contribution in [0.3, 0.4) is 0 Å². The van der Waals surface area contributed by atoms with Crippen molar-refractivity contribution in [2.24, 2.45) is 29.6 Å². The molecule has 104 valence electrons. The highest BCUT2D eigenvalue weighted by Gasteiger charge is 2.50. The van der Waals surface area contributed by atoms with Gasteiger partial charge in [0.15, 0.2) is 6.29 Å². The van der Waals surface area contributed by atoms with Crippen LogP contribution >= 0.6 is 0 Å². The van der Waals surface area contributed by atoms with E-state index >= 15 is 0 Å². The van der Waals surface area contributed by atoms with E-state index in [1.165, 1.54) is 25.7 Å². The van der Waals surface area contributed by atoms with Crippen LogP contribution in [0.4, 0.5) is 0 Å². The molecule has 2 saturated heterocycles. The van der Waals surface area contributed by atoms with Gasteiger partial charge in [-0.3, -0.25) is 0 Å². The van der Waals surface area contributed by atoms with Crippen molar-refractivity contribution in [3.8, 4) is 0 Å². The maximum Gasteiger partial charge on any atom is 0.161 e. The van der Waals surface area contributed by atoms with Crippen LogP contribution in [0.1, 0.15) is 53.4 Å². The van der Waals surface area contributed by atoms with Crippen molar-refractivity contribution in [3.63, 3.8) is 0 Å². The molecular formula is C16H28O2. The maximum absolute atomic E-state index is 6.22. The second-order valence-electron chi connectivity index (χ2n) is 7.05. The fourth-order valence-corrected chi connectivity index (χ4v) is 4.67. The number of hydrogen-bond donors (Lipinski definition) is 0. The van der Waals surface area contributed by atoms with Crippen LogP contribution in [0.25, 0.3) is 0 Å². The van der Waals surface area contributed by atoms with E-state index < -0.39 is 0 Å². The average Bonchev–Trinajstić information content (AvgIpc) is 2.49. The molecule has 2 aliphatic heterocycles. The van der Waals surface area contributed by atoms with E-state index in [0.717, 1.165) is 17.8 Å². The quantitative estimate of drug-likeness (QED) is 0.652. The van der Waals surface area contributed by atoms with E-state index in [1.54, 1.807) is 0 Å². The molecule has 0 aromatic rings. The summed E-state index contributed by atoms with van der Waals surface area (Å²) >= 11 is 0. The highest BCUT2D eigenvalue weighted by atomic mass is 16.7. The van der Waals surface area contributed by atoms with Crippen molar-refractivity contribution < 1.29 is 9.47 Å². The first-order chi connectivity index (χ1) is 8.58. The van der Waals surface area contributed by atoms with Gasteiger partial charge >= 0.3 is 0 Å². The highest BCUT2D eigenvalue weighted by molar-refractivity contribution is 4.95. The van der Waals surface area contributed by atoms with Crippen LogP contribution in [0.5, 0.6) is 0 Å². The second kappa shape index (κ2) is 4.79. The highest BCUT2D eigenvalue weighted by Crippen LogP contribution is 2.52. The van der Waals surface area contributed by atoms with Crippen molar-refractivity contribution in [2.45, 2.75) is 71.9 Å². The molecule has 3 aliphatic rings. The molecule has 1 saturated carbocycles. The Bertz CT molecular complexity index is 301. The molecule has 3 rings (SSSR count). The smallest absolute Gasteiger partial charge is 0.161 e. The van der Waals surface area contributed by atoms with Gasteiger partial charge in [-0.2, -0.15) is 0 Å². The van der Waals surface area contributed by atoms with Crippen molar-refractivity contribution in [2.75, 3.05) is 0 Å². The van der Waals surface area contributed by atoms with E-state index in [0.29, 0.717) is 24.0 Å². The predicted octanol–water partition coefficient (Wildman–Crippen LogP) is 3.84. The van der Waals surface area contributed by atoms with Gasteiger partial charge < -0.3 is 9.47 Å². The topological polar surface area (TPSA) is 18.5 Å². The van der Waals surface area contributed by atoms with Gasteiger partial charge in [0.2, 0.25) is 0 Å². The zero-order valence-electron chi connectivity index (χ0n) is 12.3. The van der Waals surface area contributed by atoms with E-state index in [4.69, 9.17) is 9.47 Å². The second-order valence-corrected chi connectivity index (χ2v) is 7.05. The summed E-state index contributed by atoms with van der Waals surface area (Å²) in [5.41, 5.74) is 0. The molecule has 18 heavy (non-hydrogen) atoms. The minimum atomic E-state index is 0.0754. The van der Waals surface area contributed by atoms with Crippen LogP contribution in [0, 0.1) is 29.6 Å². The summed E-state index contributed by atoms with van der Waals surface area (Å²) in [4.78, 5) is 0. The Morgan fingerprint density at radius 1 is 0.778 bits per heavy atom. The van der Waals surface area contributed by atoms with Crippen LogP contribution in [0.15, 0.2) is 0 Å². The summed E-state index contributed by atoms with van der Waals surface area (Å²) in [7, 11) is 0. The Morgan fingerprint density at radius 2 is 1.50 bits per heavy atom. The lowest BCUT2D eigenvalue weighted by Gasteiger charge is -2.51. The van der Waals surface area contributed by atoms with Crippen LogP contribution < -0.4 is 0 Å². The molecule has 0 N–H and O–H groups in total. The number of rotatable bonds is 0. The molecule has 1 aliphatic carbocycles. The zero-order chi connectivity index (χ0) is 12.9. The minimum absolute atomic E-state index is 0.0754. The van der Waals surface area contributed by atoms with Gasteiger partial charge in [0, 0.05) is 5.92 Å². The lowest BCUT2D eigenvalue weighted by atomic mass is 9.60. The predicted molar refractivity (Wildman–Crippen MR) is 72.1 cm³/mol. The van der Waals surface area contributed by atoms with E-state index in [-0.39, 0.29) is 6.29 Å². The molecular weight excluding hydrogens is 224 g/mol. The lowest BCUT2D eigenvalue weighted by Crippen LogP contribution is -2.52. The Balaban J connectivity index is 1.90. The number of hydrogen-bond acceptors (Lipinski definition) is 2. The van der Waals surface area contributed by atoms with Gasteiger partial charge in [-0.15, -0.1) is 0 Å². The number of ether oxygens (including phenoxy) is 2. The SMILES string of the molecule is C[C@H]1[C@H](C)O[C@@H]2O[C@@H](C)CCC3C2[C@H]1CC[C@H]3C. The monoisotopic (exact) mass is 252 g/mol. The molecule has 2 heterocycles. The van der Waals surface area contributed by atoms with Crippen molar-refractivity contribution in [1.29, 1.82) is 0 Å². The summed E-state index contributed by atoms with van der Waals surface area (Å²) in [5, 5.41) is 0. The summed E-state index contributed by atoms with van der Waals surface area (Å²) < 4.78 is 12.4. The van der Waals surface area contributed by atoms with Gasteiger partial charge in [0.1, 0.15) is 0 Å². The van der Waals surface area contributed by atoms with Crippen molar-refractivity contribution in [1.82, 2.24) is 0 Å². The fraction of sp³-hybridized carbons (Fsp3) is 1.00. The van der Waals surface area contributed by atoms with E-state index in [2.05, 4.69) is 27.7 Å². The minimum Gasteiger partial charge on any atom is -0.349 e. The van der Waals surface area contributed by atoms with Gasteiger partial charge in [0.05, 0.1) is 12.2 Å². The normalized spacial score (nSPS) is 56.7. The molecule has 0 aromatic heterocycles. The van der Waals surface area contributed by atoms with Crippen LogP contribution in [0.2, 0.25) is 0 Å². The van der Waals surface area contributed by atoms with Gasteiger partial charge in [0.25, 0.3) is 0 Å². The standard InChI is InChI=1S/C16H28O2/c1-9-5-7-14-11(3)12(4)18-16-15(14)13(9)8-6-10(2)17-16/h9-16H,5-8H2,1-4H3/t9-,10+,11+,12+,13?,14+,15?,16+/m1/s1. The molecule has 0 radical (unpaired) electrons. The van der Waals surface area contributed by atoms with Crippen LogP contribution in [-0.2, 0) is 9.47 Å². The molecule has 8 atom stereocenters. The average molecular weight is 252 g/mol. The largest absolute Gasteiger partial charge is 0.349 e. The molecule has 0 aromatic carbocycles. The summed E-state index contributed by atoms with van der Waals surface area (Å²) in [5.74, 6) is 3.86. The first-order valence-electron chi connectivity index (χ1n) is 7.89. The molecule has 0 amide bonds. The van der Waals surface area contributed by atoms with Gasteiger partial charge in [-0.05, 0) is 56.8 Å². The summed E-state index contributed by atoms with van der Waals surface area (Å²) in [6.45, 7) is 9.26. The van der Waals surface area contributed by atoms with Crippen molar-refractivity contribution in [3.05, 3.63) is 0 Å². The molecule has 2 heteroatoms. The Hall–Kier alpha value is -0.0800. The Morgan fingerprint density at radius 3 is 2.28 bits per heavy atom. The zero-order valence-corrected chi connectivity index (χ0v) is 12.3. The third-order valence-corrected chi connectivity index (χ3v) is 6.03. The van der Waals surface area contributed by atoms with Crippen LogP contribution in [-0.4, -0.2) is 18.5 Å². The summed E-state index contributed by atoms with van der Waals surface area (Å²) in [6, 6.07) is 0. The third kappa shape index (κ3) is 2.02. The summed E-state index contributed by atoms with van der Waals surface area (Å²) in [6.07, 6.45) is 6.14. The molecule has 2 unspecified atom stereocenters.